The average Bonchev–Trinajstić information content (AvgIpc) is 2.63. The molecular weight excluding hydrogens is 170 g/mol. The van der Waals surface area contributed by atoms with Gasteiger partial charge in [0.05, 0.1) is 12.8 Å². The molecule has 0 aromatic carbocycles. The molecule has 0 aliphatic rings. The van der Waals surface area contributed by atoms with Crippen LogP contribution in [0.25, 0.3) is 5.65 Å². The van der Waals surface area contributed by atoms with Gasteiger partial charge in [0.1, 0.15) is 6.10 Å². The fourth-order valence-corrected chi connectivity index (χ4v) is 1.10. The van der Waals surface area contributed by atoms with Crippen LogP contribution >= 0.6 is 0 Å². The van der Waals surface area contributed by atoms with E-state index in [1.807, 2.05) is 0 Å². The Morgan fingerprint density at radius 1 is 1.54 bits per heavy atom. The van der Waals surface area contributed by atoms with E-state index in [9.17, 15) is 5.11 Å². The smallest absolute Gasteiger partial charge is 0.154 e. The number of nitrogens with zero attached hydrogens (tertiary/aromatic N) is 3. The summed E-state index contributed by atoms with van der Waals surface area (Å²) < 4.78 is 1.55. The quantitative estimate of drug-likeness (QED) is 0.667. The maximum absolute atomic E-state index is 9.30. The van der Waals surface area contributed by atoms with Gasteiger partial charge in [0.25, 0.3) is 0 Å². The fourth-order valence-electron chi connectivity index (χ4n) is 1.10. The second-order valence-electron chi connectivity index (χ2n) is 2.72. The predicted molar refractivity (Wildman–Crippen MR) is 45.0 cm³/mol. The molecule has 2 aromatic rings. The van der Waals surface area contributed by atoms with Crippen LogP contribution in [0.4, 0.5) is 0 Å². The summed E-state index contributed by atoms with van der Waals surface area (Å²) in [7, 11) is 0. The monoisotopic (exact) mass is 179 g/mol. The summed E-state index contributed by atoms with van der Waals surface area (Å²) in [6.07, 6.45) is 3.90. The van der Waals surface area contributed by atoms with Gasteiger partial charge in [-0.15, -0.1) is 0 Å². The highest BCUT2D eigenvalue weighted by molar-refractivity contribution is 5.36. The lowest BCUT2D eigenvalue weighted by molar-refractivity contribution is 0.0949. The van der Waals surface area contributed by atoms with Gasteiger partial charge >= 0.3 is 0 Å². The van der Waals surface area contributed by atoms with Crippen molar-refractivity contribution in [1.82, 2.24) is 14.6 Å². The summed E-state index contributed by atoms with van der Waals surface area (Å²) in [5, 5.41) is 22.0. The molecule has 2 rings (SSSR count). The molecular formula is C8H9N3O2. The normalized spacial score (nSPS) is 13.4. The van der Waals surface area contributed by atoms with E-state index in [-0.39, 0.29) is 6.61 Å². The minimum atomic E-state index is -0.888. The molecule has 5 heteroatoms. The zero-order valence-corrected chi connectivity index (χ0v) is 6.83. The summed E-state index contributed by atoms with van der Waals surface area (Å²) in [6, 6.07) is 1.76. The molecule has 2 heterocycles. The number of aliphatic hydroxyl groups excluding tert-OH is 2. The van der Waals surface area contributed by atoms with Crippen molar-refractivity contribution in [2.45, 2.75) is 6.10 Å². The van der Waals surface area contributed by atoms with E-state index in [2.05, 4.69) is 10.1 Å². The molecule has 0 aliphatic carbocycles. The maximum atomic E-state index is 9.30. The van der Waals surface area contributed by atoms with Crippen molar-refractivity contribution >= 4 is 5.65 Å². The van der Waals surface area contributed by atoms with Gasteiger partial charge in [-0.05, 0) is 0 Å². The van der Waals surface area contributed by atoms with Crippen LogP contribution in [-0.4, -0.2) is 31.4 Å². The van der Waals surface area contributed by atoms with Crippen molar-refractivity contribution in [2.24, 2.45) is 0 Å². The van der Waals surface area contributed by atoms with E-state index in [1.165, 1.54) is 6.20 Å². The van der Waals surface area contributed by atoms with E-state index in [1.54, 1.807) is 23.0 Å². The Morgan fingerprint density at radius 3 is 3.15 bits per heavy atom. The number of aliphatic hydroxyl groups is 2. The van der Waals surface area contributed by atoms with Crippen molar-refractivity contribution in [3.05, 3.63) is 30.2 Å². The Kier molecular flexibility index (Phi) is 1.96. The van der Waals surface area contributed by atoms with Crippen LogP contribution in [0.2, 0.25) is 0 Å². The van der Waals surface area contributed by atoms with Gasteiger partial charge in [-0.25, -0.2) is 9.50 Å². The molecule has 0 saturated heterocycles. The lowest BCUT2D eigenvalue weighted by Gasteiger charge is -2.06. The lowest BCUT2D eigenvalue weighted by Crippen LogP contribution is -2.05. The molecule has 5 nitrogen and oxygen atoms in total. The van der Waals surface area contributed by atoms with Gasteiger partial charge in [0, 0.05) is 24.0 Å². The van der Waals surface area contributed by atoms with Crippen molar-refractivity contribution in [3.63, 3.8) is 0 Å². The Hall–Kier alpha value is -1.46. The second-order valence-corrected chi connectivity index (χ2v) is 2.72. The van der Waals surface area contributed by atoms with Gasteiger partial charge in [-0.3, -0.25) is 0 Å². The Bertz CT molecular complexity index is 412. The third kappa shape index (κ3) is 1.39. The van der Waals surface area contributed by atoms with Crippen LogP contribution < -0.4 is 0 Å². The first kappa shape index (κ1) is 8.15. The molecule has 1 unspecified atom stereocenters. The van der Waals surface area contributed by atoms with E-state index >= 15 is 0 Å². The van der Waals surface area contributed by atoms with Crippen molar-refractivity contribution in [3.8, 4) is 0 Å². The van der Waals surface area contributed by atoms with E-state index < -0.39 is 6.10 Å². The highest BCUT2D eigenvalue weighted by Crippen LogP contribution is 2.10. The standard InChI is InChI=1S/C8H9N3O2/c12-5-7(13)6-3-9-8-1-2-10-11(8)4-6/h1-4,7,12-13H,5H2. The summed E-state index contributed by atoms with van der Waals surface area (Å²) >= 11 is 0. The van der Waals surface area contributed by atoms with Gasteiger partial charge in [-0.1, -0.05) is 0 Å². The maximum Gasteiger partial charge on any atom is 0.154 e. The first-order valence-corrected chi connectivity index (χ1v) is 3.89. The Morgan fingerprint density at radius 2 is 2.38 bits per heavy atom. The van der Waals surface area contributed by atoms with Crippen molar-refractivity contribution < 1.29 is 10.2 Å². The summed E-state index contributed by atoms with van der Waals surface area (Å²) in [5.41, 5.74) is 1.27. The van der Waals surface area contributed by atoms with Crippen LogP contribution in [0.1, 0.15) is 11.7 Å². The molecule has 2 N–H and O–H groups in total. The Labute approximate surface area is 74.3 Å². The van der Waals surface area contributed by atoms with Gasteiger partial charge in [0.15, 0.2) is 5.65 Å². The summed E-state index contributed by atoms with van der Waals surface area (Å²) in [4.78, 5) is 4.04. The van der Waals surface area contributed by atoms with Crippen LogP contribution in [0.15, 0.2) is 24.7 Å². The molecule has 13 heavy (non-hydrogen) atoms. The van der Waals surface area contributed by atoms with Gasteiger partial charge in [0.2, 0.25) is 0 Å². The minimum absolute atomic E-state index is 0.311. The number of hydrogen-bond donors (Lipinski definition) is 2. The number of rotatable bonds is 2. The van der Waals surface area contributed by atoms with E-state index in [0.29, 0.717) is 11.2 Å². The van der Waals surface area contributed by atoms with E-state index in [4.69, 9.17) is 5.11 Å². The SMILES string of the molecule is OCC(O)c1cnc2ccnn2c1. The minimum Gasteiger partial charge on any atom is -0.393 e. The molecule has 0 spiro atoms. The largest absolute Gasteiger partial charge is 0.393 e. The number of fused-ring (bicyclic) bond motifs is 1. The number of hydrogen-bond acceptors (Lipinski definition) is 4. The molecule has 0 fully saturated rings. The molecule has 0 aliphatic heterocycles. The molecule has 1 atom stereocenters. The Balaban J connectivity index is 2.48. The third-order valence-corrected chi connectivity index (χ3v) is 1.82. The summed E-state index contributed by atoms with van der Waals surface area (Å²) in [6.45, 7) is -0.311. The number of aromatic nitrogens is 3. The predicted octanol–water partition coefficient (Wildman–Crippen LogP) is -0.245. The fraction of sp³-hybridized carbons (Fsp3) is 0.250. The van der Waals surface area contributed by atoms with E-state index in [0.717, 1.165) is 0 Å². The molecule has 0 amide bonds. The molecule has 0 radical (unpaired) electrons. The van der Waals surface area contributed by atoms with Crippen LogP contribution in [0, 0.1) is 0 Å². The first-order chi connectivity index (χ1) is 6.31. The van der Waals surface area contributed by atoms with Crippen molar-refractivity contribution in [2.75, 3.05) is 6.61 Å². The topological polar surface area (TPSA) is 70.7 Å². The molecule has 68 valence electrons. The van der Waals surface area contributed by atoms with Crippen LogP contribution in [0.3, 0.4) is 0 Å². The highest BCUT2D eigenvalue weighted by Gasteiger charge is 2.06. The summed E-state index contributed by atoms with van der Waals surface area (Å²) in [5.74, 6) is 0. The van der Waals surface area contributed by atoms with Gasteiger partial charge in [-0.2, -0.15) is 5.10 Å². The first-order valence-electron chi connectivity index (χ1n) is 3.89. The zero-order chi connectivity index (χ0) is 9.26. The van der Waals surface area contributed by atoms with Crippen LogP contribution in [0.5, 0.6) is 0 Å². The third-order valence-electron chi connectivity index (χ3n) is 1.82. The van der Waals surface area contributed by atoms with Crippen molar-refractivity contribution in [1.29, 1.82) is 0 Å². The molecule has 0 saturated carbocycles. The highest BCUT2D eigenvalue weighted by atomic mass is 16.3. The van der Waals surface area contributed by atoms with Crippen LogP contribution in [-0.2, 0) is 0 Å². The van der Waals surface area contributed by atoms with Gasteiger partial charge < -0.3 is 10.2 Å². The molecule has 2 aromatic heterocycles. The zero-order valence-electron chi connectivity index (χ0n) is 6.83. The lowest BCUT2D eigenvalue weighted by atomic mass is 10.2. The average molecular weight is 179 g/mol. The molecule has 0 bridgehead atoms. The second kappa shape index (κ2) is 3.12.